The van der Waals surface area contributed by atoms with E-state index in [1.165, 1.54) is 31.9 Å². The molecule has 7 rings (SSSR count). The number of rotatable bonds is 3. The smallest absolute Gasteiger partial charge is 0.164 e. The molecule has 6 heteroatoms. The van der Waals surface area contributed by atoms with Gasteiger partial charge in [0, 0.05) is 17.5 Å². The normalized spacial score (nSPS) is 23.6. The van der Waals surface area contributed by atoms with Gasteiger partial charge in [0.25, 0.3) is 0 Å². The SMILES string of the molecule is C[C@H]1C2CCC(CC2)[C@@H]1Cc1cc(C#Cc2ccccc2)nc(-c2c[nH]c3ncc(Cl)nc23)n1. The maximum absolute atomic E-state index is 6.15. The minimum atomic E-state index is 0.348. The summed E-state index contributed by atoms with van der Waals surface area (Å²) >= 11 is 6.15. The Morgan fingerprint density at radius 3 is 2.59 bits per heavy atom. The Morgan fingerprint density at radius 2 is 1.79 bits per heavy atom. The molecule has 3 fully saturated rings. The first-order valence-electron chi connectivity index (χ1n) is 12.1. The third kappa shape index (κ3) is 4.08. The molecule has 0 amide bonds. The van der Waals surface area contributed by atoms with Crippen molar-refractivity contribution in [3.63, 3.8) is 0 Å². The first-order valence-corrected chi connectivity index (χ1v) is 12.5. The Morgan fingerprint density at radius 1 is 1.00 bits per heavy atom. The van der Waals surface area contributed by atoms with Crippen LogP contribution in [0.1, 0.15) is 49.6 Å². The van der Waals surface area contributed by atoms with Gasteiger partial charge in [-0.05, 0) is 79.9 Å². The van der Waals surface area contributed by atoms with Crippen molar-refractivity contribution in [2.75, 3.05) is 0 Å². The molecular weight excluding hydrogens is 442 g/mol. The van der Waals surface area contributed by atoms with E-state index in [0.29, 0.717) is 28.1 Å². The quantitative estimate of drug-likeness (QED) is 0.370. The summed E-state index contributed by atoms with van der Waals surface area (Å²) in [5.74, 6) is 10.2. The van der Waals surface area contributed by atoms with Gasteiger partial charge >= 0.3 is 0 Å². The highest BCUT2D eigenvalue weighted by molar-refractivity contribution is 6.29. The molecule has 170 valence electrons. The van der Waals surface area contributed by atoms with Crippen LogP contribution in [-0.2, 0) is 6.42 Å². The molecule has 2 atom stereocenters. The number of nitrogens with one attached hydrogen (secondary N) is 1. The van der Waals surface area contributed by atoms with Gasteiger partial charge in [-0.2, -0.15) is 0 Å². The number of halogens is 1. The summed E-state index contributed by atoms with van der Waals surface area (Å²) in [7, 11) is 0. The molecule has 3 saturated carbocycles. The van der Waals surface area contributed by atoms with E-state index in [0.717, 1.165) is 46.7 Å². The highest BCUT2D eigenvalue weighted by atomic mass is 35.5. The zero-order chi connectivity index (χ0) is 23.1. The molecule has 0 radical (unpaired) electrons. The van der Waals surface area contributed by atoms with Crippen LogP contribution in [0.5, 0.6) is 0 Å². The van der Waals surface area contributed by atoms with E-state index < -0.39 is 0 Å². The summed E-state index contributed by atoms with van der Waals surface area (Å²) in [6, 6.07) is 12.1. The van der Waals surface area contributed by atoms with Crippen molar-refractivity contribution in [3.05, 3.63) is 70.9 Å². The topological polar surface area (TPSA) is 67.3 Å². The van der Waals surface area contributed by atoms with E-state index >= 15 is 0 Å². The van der Waals surface area contributed by atoms with Crippen molar-refractivity contribution in [1.82, 2.24) is 24.9 Å². The van der Waals surface area contributed by atoms with Crippen LogP contribution < -0.4 is 0 Å². The minimum absolute atomic E-state index is 0.348. The Balaban J connectivity index is 1.42. The summed E-state index contributed by atoms with van der Waals surface area (Å²) in [5.41, 5.74) is 4.89. The van der Waals surface area contributed by atoms with E-state index in [1.54, 1.807) is 0 Å². The highest BCUT2D eigenvalue weighted by Crippen LogP contribution is 2.49. The molecule has 4 aromatic rings. The van der Waals surface area contributed by atoms with Crippen molar-refractivity contribution < 1.29 is 0 Å². The number of hydrogen-bond acceptors (Lipinski definition) is 4. The second-order valence-corrected chi connectivity index (χ2v) is 10.1. The number of H-pyrrole nitrogens is 1. The minimum Gasteiger partial charge on any atom is -0.344 e. The van der Waals surface area contributed by atoms with E-state index in [2.05, 4.69) is 39.8 Å². The number of benzene rings is 1. The molecule has 1 N–H and O–H groups in total. The van der Waals surface area contributed by atoms with Crippen LogP contribution in [0.3, 0.4) is 0 Å². The number of nitrogens with zero attached hydrogens (tertiary/aromatic N) is 4. The first kappa shape index (κ1) is 21.3. The highest BCUT2D eigenvalue weighted by Gasteiger charge is 2.41. The van der Waals surface area contributed by atoms with Gasteiger partial charge < -0.3 is 4.98 Å². The molecule has 3 aliphatic carbocycles. The summed E-state index contributed by atoms with van der Waals surface area (Å²) in [6.07, 6.45) is 9.85. The van der Waals surface area contributed by atoms with Crippen molar-refractivity contribution in [3.8, 4) is 23.2 Å². The Kier molecular flexibility index (Phi) is 5.55. The summed E-state index contributed by atoms with van der Waals surface area (Å²) < 4.78 is 0. The Hall–Kier alpha value is -3.23. The Labute approximate surface area is 204 Å². The predicted molar refractivity (Wildman–Crippen MR) is 134 cm³/mol. The number of hydrogen-bond donors (Lipinski definition) is 1. The molecule has 3 heterocycles. The van der Waals surface area contributed by atoms with Crippen LogP contribution in [-0.4, -0.2) is 24.9 Å². The maximum atomic E-state index is 6.15. The van der Waals surface area contributed by atoms with E-state index in [4.69, 9.17) is 21.6 Å². The second kappa shape index (κ2) is 8.85. The standard InChI is InChI=1S/C28H26ClN5/c1-17-19-8-10-20(11-9-19)23(17)14-22-13-21(12-7-18-5-3-2-4-6-18)32-27(33-22)24-15-30-28-26(24)34-25(29)16-31-28/h2-6,13,15-17,19-20,23H,8-11,14H2,1H3,(H,30,31)/t17-,19?,20?,23+/m0/s1. The van der Waals surface area contributed by atoms with Gasteiger partial charge in [-0.3, -0.25) is 0 Å². The van der Waals surface area contributed by atoms with Crippen LogP contribution in [0.4, 0.5) is 0 Å². The van der Waals surface area contributed by atoms with Gasteiger partial charge in [0.15, 0.2) is 11.5 Å². The molecule has 0 unspecified atom stereocenters. The fourth-order valence-electron chi connectivity index (χ4n) is 5.96. The molecule has 5 nitrogen and oxygen atoms in total. The molecule has 0 spiro atoms. The van der Waals surface area contributed by atoms with E-state index in [9.17, 15) is 0 Å². The zero-order valence-corrected chi connectivity index (χ0v) is 19.9. The van der Waals surface area contributed by atoms with Gasteiger partial charge in [0.2, 0.25) is 0 Å². The fourth-order valence-corrected chi connectivity index (χ4v) is 6.09. The molecule has 3 aliphatic rings. The average Bonchev–Trinajstić information content (AvgIpc) is 3.29. The van der Waals surface area contributed by atoms with Crippen LogP contribution in [0.2, 0.25) is 5.15 Å². The summed E-state index contributed by atoms with van der Waals surface area (Å²) in [5, 5.41) is 0.348. The van der Waals surface area contributed by atoms with E-state index in [1.807, 2.05) is 36.5 Å². The monoisotopic (exact) mass is 467 g/mol. The third-order valence-electron chi connectivity index (χ3n) is 7.77. The first-order chi connectivity index (χ1) is 16.6. The van der Waals surface area contributed by atoms with Crippen molar-refractivity contribution in [1.29, 1.82) is 0 Å². The lowest BCUT2D eigenvalue weighted by molar-refractivity contribution is 0.0339. The van der Waals surface area contributed by atoms with Crippen molar-refractivity contribution >= 4 is 22.8 Å². The van der Waals surface area contributed by atoms with Crippen LogP contribution in [0, 0.1) is 35.5 Å². The van der Waals surface area contributed by atoms with Crippen LogP contribution >= 0.6 is 11.6 Å². The van der Waals surface area contributed by atoms with Gasteiger partial charge in [0.1, 0.15) is 16.4 Å². The number of fused-ring (bicyclic) bond motifs is 4. The fraction of sp³-hybridized carbons (Fsp3) is 0.357. The van der Waals surface area contributed by atoms with Gasteiger partial charge in [0.05, 0.1) is 11.8 Å². The van der Waals surface area contributed by atoms with Gasteiger partial charge in [-0.1, -0.05) is 42.6 Å². The zero-order valence-electron chi connectivity index (χ0n) is 19.1. The molecule has 34 heavy (non-hydrogen) atoms. The van der Waals surface area contributed by atoms with E-state index in [-0.39, 0.29) is 0 Å². The Bertz CT molecular complexity index is 1390. The lowest BCUT2D eigenvalue weighted by atomic mass is 9.58. The molecule has 0 saturated heterocycles. The molecule has 1 aromatic carbocycles. The van der Waals surface area contributed by atoms with Crippen LogP contribution in [0.15, 0.2) is 48.8 Å². The van der Waals surface area contributed by atoms with Crippen molar-refractivity contribution in [2.45, 2.75) is 39.0 Å². The van der Waals surface area contributed by atoms with Crippen LogP contribution in [0.25, 0.3) is 22.6 Å². The molecule has 3 aromatic heterocycles. The summed E-state index contributed by atoms with van der Waals surface area (Å²) in [6.45, 7) is 2.44. The average molecular weight is 468 g/mol. The molecule has 2 bridgehead atoms. The second-order valence-electron chi connectivity index (χ2n) is 9.68. The summed E-state index contributed by atoms with van der Waals surface area (Å²) in [4.78, 5) is 21.8. The predicted octanol–water partition coefficient (Wildman–Crippen LogP) is 6.08. The van der Waals surface area contributed by atoms with Gasteiger partial charge in [-0.15, -0.1) is 0 Å². The maximum Gasteiger partial charge on any atom is 0.164 e. The number of aromatic nitrogens is 5. The van der Waals surface area contributed by atoms with Gasteiger partial charge in [-0.25, -0.2) is 19.9 Å². The number of aromatic amines is 1. The molecule has 0 aliphatic heterocycles. The van der Waals surface area contributed by atoms with Crippen molar-refractivity contribution in [2.24, 2.45) is 23.7 Å². The molecular formula is C28H26ClN5. The largest absolute Gasteiger partial charge is 0.344 e. The third-order valence-corrected chi connectivity index (χ3v) is 7.95. The lowest BCUT2D eigenvalue weighted by Crippen LogP contribution is -2.39. The lowest BCUT2D eigenvalue weighted by Gasteiger charge is -2.47.